The topological polar surface area (TPSA) is 81.4 Å². The van der Waals surface area contributed by atoms with E-state index in [2.05, 4.69) is 5.32 Å². The lowest BCUT2D eigenvalue weighted by molar-refractivity contribution is 0.415. The molecule has 0 bridgehead atoms. The predicted octanol–water partition coefficient (Wildman–Crippen LogP) is 1.27. The molecule has 1 aromatic rings. The summed E-state index contributed by atoms with van der Waals surface area (Å²) in [4.78, 5) is 0. The van der Waals surface area contributed by atoms with Crippen molar-refractivity contribution in [2.75, 3.05) is 29.7 Å². The first-order chi connectivity index (χ1) is 8.50. The van der Waals surface area contributed by atoms with Crippen molar-refractivity contribution in [1.82, 2.24) is 0 Å². The van der Waals surface area contributed by atoms with Crippen LogP contribution in [-0.2, 0) is 9.84 Å². The molecular weight excluding hydrogens is 252 g/mol. The molecule has 0 aliphatic carbocycles. The monoisotopic (exact) mass is 270 g/mol. The Hall–Kier alpha value is -1.43. The van der Waals surface area contributed by atoms with Crippen molar-refractivity contribution in [3.05, 3.63) is 18.2 Å². The molecule has 1 aliphatic rings. The van der Waals surface area contributed by atoms with Crippen molar-refractivity contribution in [3.63, 3.8) is 0 Å². The summed E-state index contributed by atoms with van der Waals surface area (Å²) >= 11 is 0. The molecule has 0 radical (unpaired) electrons. The molecule has 1 aliphatic heterocycles. The number of sulfone groups is 1. The van der Waals surface area contributed by atoms with Crippen LogP contribution in [0.1, 0.15) is 12.8 Å². The van der Waals surface area contributed by atoms with Gasteiger partial charge in [-0.05, 0) is 25.0 Å². The fraction of sp³-hybridized carbons (Fsp3) is 0.500. The Morgan fingerprint density at radius 2 is 2.00 bits per heavy atom. The van der Waals surface area contributed by atoms with Gasteiger partial charge in [0.05, 0.1) is 30.0 Å². The molecule has 0 amide bonds. The molecule has 5 nitrogen and oxygen atoms in total. The maximum atomic E-state index is 11.3. The van der Waals surface area contributed by atoms with Crippen LogP contribution in [0.5, 0.6) is 5.75 Å². The SMILES string of the molecule is COc1ccc(NC2CCS(=O)(=O)CC2)c(N)c1. The molecule has 0 aromatic heterocycles. The number of rotatable bonds is 3. The first-order valence-electron chi connectivity index (χ1n) is 5.90. The number of nitrogens with two attached hydrogens (primary N) is 1. The molecule has 2 rings (SSSR count). The summed E-state index contributed by atoms with van der Waals surface area (Å²) in [5.74, 6) is 1.21. The quantitative estimate of drug-likeness (QED) is 0.808. The molecule has 3 N–H and O–H groups in total. The molecule has 1 heterocycles. The lowest BCUT2D eigenvalue weighted by Crippen LogP contribution is -2.32. The van der Waals surface area contributed by atoms with Crippen LogP contribution >= 0.6 is 0 Å². The van der Waals surface area contributed by atoms with Gasteiger partial charge in [-0.25, -0.2) is 8.42 Å². The number of benzene rings is 1. The molecule has 0 saturated carbocycles. The van der Waals surface area contributed by atoms with E-state index in [0.29, 0.717) is 24.3 Å². The zero-order valence-corrected chi connectivity index (χ0v) is 11.2. The van der Waals surface area contributed by atoms with Gasteiger partial charge < -0.3 is 15.8 Å². The average molecular weight is 270 g/mol. The largest absolute Gasteiger partial charge is 0.497 e. The van der Waals surface area contributed by atoms with Gasteiger partial charge in [-0.3, -0.25) is 0 Å². The third-order valence-corrected chi connectivity index (χ3v) is 4.89. The van der Waals surface area contributed by atoms with Gasteiger partial charge in [0.2, 0.25) is 0 Å². The summed E-state index contributed by atoms with van der Waals surface area (Å²) in [7, 11) is -1.23. The molecule has 1 fully saturated rings. The number of nitrogens with one attached hydrogen (secondary N) is 1. The fourth-order valence-corrected chi connectivity index (χ4v) is 3.54. The normalized spacial score (nSPS) is 19.4. The average Bonchev–Trinajstić information content (AvgIpc) is 2.34. The van der Waals surface area contributed by atoms with E-state index in [1.54, 1.807) is 13.2 Å². The first kappa shape index (κ1) is 13.0. The van der Waals surface area contributed by atoms with Crippen LogP contribution in [0.25, 0.3) is 0 Å². The standard InChI is InChI=1S/C12H18N2O3S/c1-17-10-2-3-12(11(13)8-10)14-9-4-6-18(15,16)7-5-9/h2-3,8-9,14H,4-7,13H2,1H3. The summed E-state index contributed by atoms with van der Waals surface area (Å²) < 4.78 is 27.7. The van der Waals surface area contributed by atoms with Gasteiger partial charge in [-0.2, -0.15) is 0 Å². The van der Waals surface area contributed by atoms with Crippen LogP contribution in [0.2, 0.25) is 0 Å². The Balaban J connectivity index is 2.02. The highest BCUT2D eigenvalue weighted by atomic mass is 32.2. The van der Waals surface area contributed by atoms with Crippen molar-refractivity contribution in [2.45, 2.75) is 18.9 Å². The van der Waals surface area contributed by atoms with Crippen LogP contribution in [0.3, 0.4) is 0 Å². The van der Waals surface area contributed by atoms with E-state index in [0.717, 1.165) is 5.69 Å². The van der Waals surface area contributed by atoms with Crippen molar-refractivity contribution in [1.29, 1.82) is 0 Å². The molecule has 1 aromatic carbocycles. The molecule has 6 heteroatoms. The molecule has 0 spiro atoms. The summed E-state index contributed by atoms with van der Waals surface area (Å²) in [6.07, 6.45) is 1.27. The smallest absolute Gasteiger partial charge is 0.150 e. The predicted molar refractivity (Wildman–Crippen MR) is 72.7 cm³/mol. The molecule has 1 saturated heterocycles. The number of nitrogen functional groups attached to an aromatic ring is 1. The maximum absolute atomic E-state index is 11.3. The van der Waals surface area contributed by atoms with Gasteiger partial charge in [-0.15, -0.1) is 0 Å². The Kier molecular flexibility index (Phi) is 3.65. The second-order valence-corrected chi connectivity index (χ2v) is 6.83. The van der Waals surface area contributed by atoms with Crippen molar-refractivity contribution < 1.29 is 13.2 Å². The minimum atomic E-state index is -2.82. The summed E-state index contributed by atoms with van der Waals surface area (Å²) in [6, 6.07) is 5.61. The Morgan fingerprint density at radius 3 is 2.56 bits per heavy atom. The van der Waals surface area contributed by atoms with Crippen molar-refractivity contribution >= 4 is 21.2 Å². The van der Waals surface area contributed by atoms with Crippen molar-refractivity contribution in [2.24, 2.45) is 0 Å². The Bertz CT molecular complexity index is 514. The Morgan fingerprint density at radius 1 is 1.33 bits per heavy atom. The van der Waals surface area contributed by atoms with Gasteiger partial charge >= 0.3 is 0 Å². The summed E-state index contributed by atoms with van der Waals surface area (Å²) in [5.41, 5.74) is 7.35. The van der Waals surface area contributed by atoms with E-state index in [1.165, 1.54) is 0 Å². The highest BCUT2D eigenvalue weighted by Crippen LogP contribution is 2.26. The molecular formula is C12H18N2O3S. The molecule has 18 heavy (non-hydrogen) atoms. The lowest BCUT2D eigenvalue weighted by atomic mass is 10.1. The van der Waals surface area contributed by atoms with Crippen LogP contribution < -0.4 is 15.8 Å². The van der Waals surface area contributed by atoms with Gasteiger partial charge in [0, 0.05) is 12.1 Å². The van der Waals surface area contributed by atoms with E-state index in [4.69, 9.17) is 10.5 Å². The van der Waals surface area contributed by atoms with Gasteiger partial charge in [-0.1, -0.05) is 0 Å². The number of hydrogen-bond donors (Lipinski definition) is 2. The van der Waals surface area contributed by atoms with Gasteiger partial charge in [0.25, 0.3) is 0 Å². The minimum Gasteiger partial charge on any atom is -0.497 e. The second kappa shape index (κ2) is 5.06. The summed E-state index contributed by atoms with van der Waals surface area (Å²) in [6.45, 7) is 0. The Labute approximate surface area is 107 Å². The highest BCUT2D eigenvalue weighted by molar-refractivity contribution is 7.91. The van der Waals surface area contributed by atoms with E-state index in [-0.39, 0.29) is 17.5 Å². The summed E-state index contributed by atoms with van der Waals surface area (Å²) in [5, 5.41) is 3.29. The minimum absolute atomic E-state index is 0.171. The zero-order valence-electron chi connectivity index (χ0n) is 10.3. The van der Waals surface area contributed by atoms with Crippen LogP contribution in [-0.4, -0.2) is 33.1 Å². The second-order valence-electron chi connectivity index (χ2n) is 4.52. The van der Waals surface area contributed by atoms with Crippen molar-refractivity contribution in [3.8, 4) is 5.75 Å². The van der Waals surface area contributed by atoms with Crippen LogP contribution in [0.4, 0.5) is 11.4 Å². The maximum Gasteiger partial charge on any atom is 0.150 e. The van der Waals surface area contributed by atoms with E-state index in [9.17, 15) is 8.42 Å². The lowest BCUT2D eigenvalue weighted by Gasteiger charge is -2.24. The highest BCUT2D eigenvalue weighted by Gasteiger charge is 2.23. The zero-order chi connectivity index (χ0) is 13.2. The molecule has 0 unspecified atom stereocenters. The van der Waals surface area contributed by atoms with Crippen LogP contribution in [0, 0.1) is 0 Å². The molecule has 100 valence electrons. The number of ether oxygens (including phenoxy) is 1. The third kappa shape index (κ3) is 3.07. The van der Waals surface area contributed by atoms with E-state index in [1.807, 2.05) is 12.1 Å². The third-order valence-electron chi connectivity index (χ3n) is 3.17. The first-order valence-corrected chi connectivity index (χ1v) is 7.73. The number of hydrogen-bond acceptors (Lipinski definition) is 5. The van der Waals surface area contributed by atoms with E-state index >= 15 is 0 Å². The fourth-order valence-electron chi connectivity index (χ4n) is 2.05. The van der Waals surface area contributed by atoms with Gasteiger partial charge in [0.15, 0.2) is 0 Å². The number of methoxy groups -OCH3 is 1. The van der Waals surface area contributed by atoms with Gasteiger partial charge in [0.1, 0.15) is 15.6 Å². The molecule has 0 atom stereocenters. The van der Waals surface area contributed by atoms with Crippen LogP contribution in [0.15, 0.2) is 18.2 Å². The number of anilines is 2. The van der Waals surface area contributed by atoms with E-state index < -0.39 is 9.84 Å².